The van der Waals surface area contributed by atoms with Crippen LogP contribution < -0.4 is 0 Å². The quantitative estimate of drug-likeness (QED) is 0.243. The van der Waals surface area contributed by atoms with E-state index in [2.05, 4.69) is 9.47 Å². The highest BCUT2D eigenvalue weighted by atomic mass is 31.1. The summed E-state index contributed by atoms with van der Waals surface area (Å²) in [6, 6.07) is 0. The van der Waals surface area contributed by atoms with Crippen molar-refractivity contribution >= 4 is 27.8 Å². The molecule has 0 saturated carbocycles. The minimum absolute atomic E-state index is 0.402. The van der Waals surface area contributed by atoms with Crippen molar-refractivity contribution < 1.29 is 71.7 Å². The minimum atomic E-state index is -6.24. The van der Waals surface area contributed by atoms with Crippen LogP contribution in [0.25, 0.3) is 0 Å². The number of carbonyl (C=O) groups is 2. The number of esters is 2. The average molecular weight is 528 g/mol. The van der Waals surface area contributed by atoms with Gasteiger partial charge in [-0.25, -0.2) is 9.59 Å². The third kappa shape index (κ3) is 4.23. The van der Waals surface area contributed by atoms with E-state index in [0.717, 1.165) is 0 Å². The summed E-state index contributed by atoms with van der Waals surface area (Å²) in [4.78, 5) is 24.1. The van der Waals surface area contributed by atoms with Crippen molar-refractivity contribution in [1.82, 2.24) is 0 Å². The van der Waals surface area contributed by atoms with Crippen LogP contribution in [0.1, 0.15) is 0 Å². The van der Waals surface area contributed by atoms with Crippen molar-refractivity contribution in [3.05, 3.63) is 31.9 Å². The molecule has 3 aliphatic rings. The van der Waals surface area contributed by atoms with E-state index in [4.69, 9.17) is 0 Å². The molecule has 0 amide bonds. The van der Waals surface area contributed by atoms with Crippen LogP contribution in [0.5, 0.6) is 0 Å². The predicted octanol–water partition coefficient (Wildman–Crippen LogP) is 6.21. The first-order valence-corrected chi connectivity index (χ1v) is 10.2. The maximum atomic E-state index is 13.6. The Morgan fingerprint density at radius 2 is 0.719 bits per heavy atom. The molecule has 0 N–H and O–H groups in total. The molecule has 0 radical (unpaired) electrons. The molecule has 4 nitrogen and oxygen atoms in total. The van der Waals surface area contributed by atoms with Crippen molar-refractivity contribution in [2.75, 3.05) is 14.2 Å². The first kappa shape index (κ1) is 26.4. The number of methoxy groups -OCH3 is 2. The zero-order valence-electron chi connectivity index (χ0n) is 15.1. The van der Waals surface area contributed by atoms with Gasteiger partial charge in [0.1, 0.15) is 0 Å². The van der Waals surface area contributed by atoms with Crippen LogP contribution in [0.15, 0.2) is 31.9 Å². The van der Waals surface area contributed by atoms with Crippen LogP contribution in [0, 0.1) is 0 Å². The van der Waals surface area contributed by atoms with Crippen LogP contribution in [-0.4, -0.2) is 50.9 Å². The summed E-state index contributed by atoms with van der Waals surface area (Å²) >= 11 is 0. The third-order valence-corrected chi connectivity index (χ3v) is 9.78. The van der Waals surface area contributed by atoms with Gasteiger partial charge in [-0.1, -0.05) is 0 Å². The molecule has 0 aromatic rings. The molecular formula is C14H6F12O4P2. The Bertz CT molecular complexity index is 825. The van der Waals surface area contributed by atoms with Gasteiger partial charge in [0.25, 0.3) is 0 Å². The molecule has 18 heteroatoms. The fraction of sp³-hybridized carbons (Fsp3) is 0.429. The first-order valence-electron chi connectivity index (χ1n) is 7.49. The Morgan fingerprint density at radius 1 is 0.531 bits per heavy atom. The number of hydrogen-bond acceptors (Lipinski definition) is 4. The van der Waals surface area contributed by atoms with Crippen molar-refractivity contribution in [3.8, 4) is 0 Å². The summed E-state index contributed by atoms with van der Waals surface area (Å²) in [5.41, 5.74) is 0. The number of allylic oxidation sites excluding steroid dienone is 4. The van der Waals surface area contributed by atoms with Crippen LogP contribution in [0.2, 0.25) is 0 Å². The van der Waals surface area contributed by atoms with E-state index in [1.165, 1.54) is 0 Å². The molecule has 3 aliphatic heterocycles. The standard InChI is InChI=1S/C14H6F12O4P2/c1-29-9(27)3-4(10(28)30-2)32-7(13(21,22)23)5(11(15,16)17)31(3)6(12(18,19)20)8(32)14(24,25)26/h1-2H3. The lowest BCUT2D eigenvalue weighted by atomic mass is 10.4. The zero-order chi connectivity index (χ0) is 25.2. The summed E-state index contributed by atoms with van der Waals surface area (Å²) in [6.07, 6.45) is -25.0. The lowest BCUT2D eigenvalue weighted by Crippen LogP contribution is -2.36. The molecule has 0 spiro atoms. The molecule has 3 heterocycles. The Kier molecular flexibility index (Phi) is 6.52. The van der Waals surface area contributed by atoms with Crippen molar-refractivity contribution in [2.24, 2.45) is 0 Å². The Hall–Kier alpha value is -1.82. The highest BCUT2D eigenvalue weighted by Gasteiger charge is 2.69. The van der Waals surface area contributed by atoms with Gasteiger partial charge in [-0.15, -0.1) is 0 Å². The second kappa shape index (κ2) is 7.89. The third-order valence-electron chi connectivity index (χ3n) is 3.85. The normalized spacial score (nSPS) is 22.6. The second-order valence-electron chi connectivity index (χ2n) is 5.74. The summed E-state index contributed by atoms with van der Waals surface area (Å²) in [5, 5.41) is -15.8. The maximum Gasteiger partial charge on any atom is 0.418 e. The van der Waals surface area contributed by atoms with Crippen molar-refractivity contribution in [3.63, 3.8) is 0 Å². The van der Waals surface area contributed by atoms with Gasteiger partial charge in [-0.05, 0) is 0 Å². The van der Waals surface area contributed by atoms with Crippen molar-refractivity contribution in [1.29, 1.82) is 0 Å². The minimum Gasteiger partial charge on any atom is -0.465 e. The van der Waals surface area contributed by atoms with Crippen LogP contribution in [-0.2, 0) is 19.1 Å². The van der Waals surface area contributed by atoms with E-state index in [9.17, 15) is 62.3 Å². The molecule has 0 unspecified atom stereocenters. The second-order valence-corrected chi connectivity index (χ2v) is 9.76. The molecule has 2 bridgehead atoms. The summed E-state index contributed by atoms with van der Waals surface area (Å²) < 4.78 is 171. The largest absolute Gasteiger partial charge is 0.465 e. The molecule has 0 aromatic heterocycles. The highest BCUT2D eigenvalue weighted by Crippen LogP contribution is 2.87. The Balaban J connectivity index is 3.23. The smallest absolute Gasteiger partial charge is 0.418 e. The average Bonchev–Trinajstić information content (AvgIpc) is 2.61. The lowest BCUT2D eigenvalue weighted by Gasteiger charge is -2.45. The van der Waals surface area contributed by atoms with E-state index in [-0.39, 0.29) is 0 Å². The van der Waals surface area contributed by atoms with E-state index in [1.54, 1.807) is 0 Å². The van der Waals surface area contributed by atoms with Gasteiger partial charge in [-0.2, -0.15) is 52.7 Å². The van der Waals surface area contributed by atoms with Gasteiger partial charge >= 0.3 is 36.6 Å². The number of rotatable bonds is 2. The molecule has 0 atom stereocenters. The van der Waals surface area contributed by atoms with Gasteiger partial charge in [-0.3, -0.25) is 0 Å². The number of hydrogen-bond donors (Lipinski definition) is 0. The molecule has 0 aliphatic carbocycles. The van der Waals surface area contributed by atoms with Gasteiger partial charge < -0.3 is 9.47 Å². The molecule has 0 aromatic carbocycles. The predicted molar refractivity (Wildman–Crippen MR) is 83.2 cm³/mol. The number of ether oxygens (including phenoxy) is 2. The highest BCUT2D eigenvalue weighted by molar-refractivity contribution is 7.83. The number of carbonyl (C=O) groups excluding carboxylic acids is 2. The van der Waals surface area contributed by atoms with E-state index >= 15 is 0 Å². The van der Waals surface area contributed by atoms with E-state index in [1.807, 2.05) is 0 Å². The fourth-order valence-corrected chi connectivity index (χ4v) is 9.58. The van der Waals surface area contributed by atoms with E-state index in [0.29, 0.717) is 14.2 Å². The number of alkyl halides is 12. The van der Waals surface area contributed by atoms with Crippen LogP contribution in [0.3, 0.4) is 0 Å². The molecule has 0 fully saturated rings. The van der Waals surface area contributed by atoms with Gasteiger partial charge in [0, 0.05) is 15.8 Å². The monoisotopic (exact) mass is 528 g/mol. The molecule has 3 rings (SSSR count). The molecule has 180 valence electrons. The SMILES string of the molecule is COC(=O)C1=C(C(=O)OC)P2C(C(F)(F)F)=C(C(F)(F)F)P1C(C(F)(F)F)=C2C(F)(F)F. The maximum absolute atomic E-state index is 13.6. The summed E-state index contributed by atoms with van der Waals surface area (Å²) in [6.45, 7) is 0. The lowest BCUT2D eigenvalue weighted by molar-refractivity contribution is -0.138. The summed E-state index contributed by atoms with van der Waals surface area (Å²) in [5.74, 6) is -4.26. The molecule has 32 heavy (non-hydrogen) atoms. The van der Waals surface area contributed by atoms with E-state index < -0.39 is 84.4 Å². The topological polar surface area (TPSA) is 52.6 Å². The van der Waals surface area contributed by atoms with Gasteiger partial charge in [0.2, 0.25) is 0 Å². The Morgan fingerprint density at radius 3 is 0.844 bits per heavy atom. The van der Waals surface area contributed by atoms with Gasteiger partial charge in [0.05, 0.1) is 46.1 Å². The van der Waals surface area contributed by atoms with Gasteiger partial charge in [0.15, 0.2) is 0 Å². The molecule has 0 saturated heterocycles. The first-order chi connectivity index (χ1) is 14.2. The molecular weight excluding hydrogens is 522 g/mol. The Labute approximate surface area is 171 Å². The van der Waals surface area contributed by atoms with Crippen LogP contribution >= 0.6 is 15.8 Å². The number of halogens is 12. The van der Waals surface area contributed by atoms with Crippen molar-refractivity contribution in [2.45, 2.75) is 24.7 Å². The van der Waals surface area contributed by atoms with Crippen LogP contribution in [0.4, 0.5) is 52.7 Å². The fourth-order valence-electron chi connectivity index (χ4n) is 2.92. The summed E-state index contributed by atoms with van der Waals surface area (Å²) in [7, 11) is -9.02. The zero-order valence-corrected chi connectivity index (χ0v) is 16.9.